The zero-order valence-corrected chi connectivity index (χ0v) is 18.0. The third-order valence-corrected chi connectivity index (χ3v) is 5.53. The van der Waals surface area contributed by atoms with Gasteiger partial charge in [-0.05, 0) is 51.8 Å². The molecule has 3 rings (SSSR count). The molecule has 1 heterocycles. The van der Waals surface area contributed by atoms with Crippen LogP contribution in [-0.4, -0.2) is 63.2 Å². The van der Waals surface area contributed by atoms with E-state index in [1.54, 1.807) is 39.5 Å². The Morgan fingerprint density at radius 2 is 1.54 bits per heavy atom. The third kappa shape index (κ3) is 4.59. The third-order valence-electron chi connectivity index (χ3n) is 4.91. The van der Waals surface area contributed by atoms with Crippen molar-refractivity contribution >= 4 is 21.8 Å². The molecule has 0 aliphatic carbocycles. The van der Waals surface area contributed by atoms with Crippen LogP contribution in [0.2, 0.25) is 0 Å². The standard InChI is InChI=1S/C21H25BrN2O4/c1-26-18-6-4-15(12-17(18)22)14-23-8-10-24(11-9-23)21(25)16-5-7-19(27-2)20(13-16)28-3/h4-7,12-13H,8-11,14H2,1-3H3. The summed E-state index contributed by atoms with van der Waals surface area (Å²) < 4.78 is 16.8. The van der Waals surface area contributed by atoms with E-state index in [0.29, 0.717) is 30.2 Å². The Labute approximate surface area is 174 Å². The number of hydrogen-bond acceptors (Lipinski definition) is 5. The van der Waals surface area contributed by atoms with Crippen LogP contribution in [0.3, 0.4) is 0 Å². The molecular weight excluding hydrogens is 424 g/mol. The molecule has 0 saturated carbocycles. The molecule has 0 N–H and O–H groups in total. The summed E-state index contributed by atoms with van der Waals surface area (Å²) in [5.74, 6) is 2.04. The van der Waals surface area contributed by atoms with Crippen molar-refractivity contribution in [3.05, 3.63) is 52.0 Å². The molecule has 150 valence electrons. The minimum Gasteiger partial charge on any atom is -0.496 e. The molecule has 0 radical (unpaired) electrons. The minimum atomic E-state index is 0.0211. The summed E-state index contributed by atoms with van der Waals surface area (Å²) in [5, 5.41) is 0. The fourth-order valence-corrected chi connectivity index (χ4v) is 3.92. The van der Waals surface area contributed by atoms with Crippen LogP contribution < -0.4 is 14.2 Å². The van der Waals surface area contributed by atoms with E-state index in [9.17, 15) is 4.79 Å². The highest BCUT2D eigenvalue weighted by molar-refractivity contribution is 9.10. The summed E-state index contributed by atoms with van der Waals surface area (Å²) in [7, 11) is 4.82. The smallest absolute Gasteiger partial charge is 0.254 e. The first-order valence-corrected chi connectivity index (χ1v) is 9.91. The van der Waals surface area contributed by atoms with Crippen LogP contribution in [0.25, 0.3) is 0 Å². The number of methoxy groups -OCH3 is 3. The maximum Gasteiger partial charge on any atom is 0.254 e. The van der Waals surface area contributed by atoms with Crippen LogP contribution in [0.15, 0.2) is 40.9 Å². The van der Waals surface area contributed by atoms with Gasteiger partial charge in [-0.25, -0.2) is 0 Å². The molecule has 0 bridgehead atoms. The van der Waals surface area contributed by atoms with Crippen LogP contribution in [0, 0.1) is 0 Å². The molecule has 1 saturated heterocycles. The Morgan fingerprint density at radius 3 is 2.14 bits per heavy atom. The van der Waals surface area contributed by atoms with Crippen LogP contribution in [0.1, 0.15) is 15.9 Å². The number of piperazine rings is 1. The summed E-state index contributed by atoms with van der Waals surface area (Å²) in [6.07, 6.45) is 0. The molecule has 7 heteroatoms. The van der Waals surface area contributed by atoms with Crippen LogP contribution in [0.5, 0.6) is 17.2 Å². The summed E-state index contributed by atoms with van der Waals surface area (Å²) >= 11 is 3.53. The van der Waals surface area contributed by atoms with Crippen LogP contribution >= 0.6 is 15.9 Å². The molecule has 1 amide bonds. The van der Waals surface area contributed by atoms with Crippen molar-refractivity contribution in [3.8, 4) is 17.2 Å². The van der Waals surface area contributed by atoms with Crippen molar-refractivity contribution in [2.24, 2.45) is 0 Å². The van der Waals surface area contributed by atoms with Gasteiger partial charge in [-0.3, -0.25) is 9.69 Å². The molecule has 2 aromatic carbocycles. The molecule has 6 nitrogen and oxygen atoms in total. The van der Waals surface area contributed by atoms with Crippen molar-refractivity contribution in [3.63, 3.8) is 0 Å². The van der Waals surface area contributed by atoms with Gasteiger partial charge >= 0.3 is 0 Å². The number of hydrogen-bond donors (Lipinski definition) is 0. The van der Waals surface area contributed by atoms with Gasteiger partial charge in [0, 0.05) is 38.3 Å². The van der Waals surface area contributed by atoms with E-state index in [0.717, 1.165) is 29.9 Å². The van der Waals surface area contributed by atoms with Gasteiger partial charge in [-0.1, -0.05) is 6.07 Å². The Bertz CT molecular complexity index is 835. The van der Waals surface area contributed by atoms with E-state index in [2.05, 4.69) is 33.0 Å². The second-order valence-electron chi connectivity index (χ2n) is 6.61. The monoisotopic (exact) mass is 448 g/mol. The van der Waals surface area contributed by atoms with Gasteiger partial charge in [0.1, 0.15) is 5.75 Å². The Balaban J connectivity index is 1.59. The molecule has 1 fully saturated rings. The second-order valence-corrected chi connectivity index (χ2v) is 7.46. The topological polar surface area (TPSA) is 51.2 Å². The maximum absolute atomic E-state index is 12.8. The predicted octanol–water partition coefficient (Wildman–Crippen LogP) is 3.43. The minimum absolute atomic E-state index is 0.0211. The van der Waals surface area contributed by atoms with E-state index >= 15 is 0 Å². The predicted molar refractivity (Wildman–Crippen MR) is 111 cm³/mol. The summed E-state index contributed by atoms with van der Waals surface area (Å²) in [5.41, 5.74) is 1.83. The van der Waals surface area contributed by atoms with Gasteiger partial charge in [0.25, 0.3) is 5.91 Å². The fourth-order valence-electron chi connectivity index (χ4n) is 3.33. The van der Waals surface area contributed by atoms with Crippen LogP contribution in [0.4, 0.5) is 0 Å². The quantitative estimate of drug-likeness (QED) is 0.677. The number of carbonyl (C=O) groups excluding carboxylic acids is 1. The summed E-state index contributed by atoms with van der Waals surface area (Å²) in [4.78, 5) is 17.1. The van der Waals surface area contributed by atoms with Gasteiger partial charge < -0.3 is 19.1 Å². The highest BCUT2D eigenvalue weighted by Gasteiger charge is 2.23. The number of halogens is 1. The number of ether oxygens (including phenoxy) is 3. The molecular formula is C21H25BrN2O4. The maximum atomic E-state index is 12.8. The Hall–Kier alpha value is -2.25. The first-order chi connectivity index (χ1) is 13.5. The average Bonchev–Trinajstić information content (AvgIpc) is 2.73. The lowest BCUT2D eigenvalue weighted by molar-refractivity contribution is 0.0628. The van der Waals surface area contributed by atoms with E-state index in [4.69, 9.17) is 14.2 Å². The number of nitrogens with zero attached hydrogens (tertiary/aromatic N) is 2. The zero-order chi connectivity index (χ0) is 20.1. The number of rotatable bonds is 6. The molecule has 0 aromatic heterocycles. The lowest BCUT2D eigenvalue weighted by Gasteiger charge is -2.35. The van der Waals surface area contributed by atoms with Crippen molar-refractivity contribution < 1.29 is 19.0 Å². The molecule has 1 aliphatic rings. The van der Waals surface area contributed by atoms with E-state index in [1.165, 1.54) is 5.56 Å². The van der Waals surface area contributed by atoms with Gasteiger partial charge in [0.2, 0.25) is 0 Å². The number of carbonyl (C=O) groups is 1. The van der Waals surface area contributed by atoms with Gasteiger partial charge in [-0.2, -0.15) is 0 Å². The highest BCUT2D eigenvalue weighted by Crippen LogP contribution is 2.29. The van der Waals surface area contributed by atoms with Gasteiger partial charge in [0.15, 0.2) is 11.5 Å². The van der Waals surface area contributed by atoms with E-state index in [1.807, 2.05) is 11.0 Å². The lowest BCUT2D eigenvalue weighted by atomic mass is 10.1. The normalized spacial score (nSPS) is 14.6. The lowest BCUT2D eigenvalue weighted by Crippen LogP contribution is -2.48. The average molecular weight is 449 g/mol. The van der Waals surface area contributed by atoms with Gasteiger partial charge in [0.05, 0.1) is 25.8 Å². The number of amides is 1. The summed E-state index contributed by atoms with van der Waals surface area (Å²) in [6, 6.07) is 11.4. The molecule has 2 aromatic rings. The highest BCUT2D eigenvalue weighted by atomic mass is 79.9. The van der Waals surface area contributed by atoms with Crippen molar-refractivity contribution in [1.82, 2.24) is 9.80 Å². The molecule has 0 spiro atoms. The van der Waals surface area contributed by atoms with Crippen molar-refractivity contribution in [2.45, 2.75) is 6.54 Å². The molecule has 28 heavy (non-hydrogen) atoms. The zero-order valence-electron chi connectivity index (χ0n) is 16.4. The molecule has 1 aliphatic heterocycles. The van der Waals surface area contributed by atoms with Gasteiger partial charge in [-0.15, -0.1) is 0 Å². The largest absolute Gasteiger partial charge is 0.496 e. The Kier molecular flexibility index (Phi) is 6.80. The first kappa shape index (κ1) is 20.5. The van der Waals surface area contributed by atoms with E-state index in [-0.39, 0.29) is 5.91 Å². The van der Waals surface area contributed by atoms with E-state index < -0.39 is 0 Å². The Morgan fingerprint density at radius 1 is 0.893 bits per heavy atom. The fraction of sp³-hybridized carbons (Fsp3) is 0.381. The molecule has 0 atom stereocenters. The first-order valence-electron chi connectivity index (χ1n) is 9.11. The molecule has 0 unspecified atom stereocenters. The second kappa shape index (κ2) is 9.30. The van der Waals surface area contributed by atoms with Crippen molar-refractivity contribution in [2.75, 3.05) is 47.5 Å². The summed E-state index contributed by atoms with van der Waals surface area (Å²) in [6.45, 7) is 3.92. The SMILES string of the molecule is COc1ccc(CN2CCN(C(=O)c3ccc(OC)c(OC)c3)CC2)cc1Br. The van der Waals surface area contributed by atoms with Crippen molar-refractivity contribution in [1.29, 1.82) is 0 Å². The van der Waals surface area contributed by atoms with Crippen LogP contribution in [-0.2, 0) is 6.54 Å². The number of benzene rings is 2.